The van der Waals surface area contributed by atoms with Crippen LogP contribution in [0.5, 0.6) is 0 Å². The van der Waals surface area contributed by atoms with Crippen molar-refractivity contribution in [2.45, 2.75) is 72.1 Å². The maximum absolute atomic E-state index is 13.6. The summed E-state index contributed by atoms with van der Waals surface area (Å²) in [5, 5.41) is 0. The van der Waals surface area contributed by atoms with E-state index < -0.39 is 5.97 Å². The number of esters is 2. The van der Waals surface area contributed by atoms with Gasteiger partial charge in [-0.2, -0.15) is 0 Å². The predicted molar refractivity (Wildman–Crippen MR) is 177 cm³/mol. The summed E-state index contributed by atoms with van der Waals surface area (Å²) in [6, 6.07) is 7.96. The van der Waals surface area contributed by atoms with Crippen LogP contribution < -0.4 is 0 Å². The van der Waals surface area contributed by atoms with E-state index in [0.717, 1.165) is 68.0 Å². The van der Waals surface area contributed by atoms with Gasteiger partial charge in [-0.3, -0.25) is 19.4 Å². The molecule has 2 N–H and O–H groups in total. The Bertz CT molecular complexity index is 1930. The maximum atomic E-state index is 13.6. The van der Waals surface area contributed by atoms with Crippen molar-refractivity contribution in [3.63, 3.8) is 0 Å². The van der Waals surface area contributed by atoms with Gasteiger partial charge in [0.25, 0.3) is 0 Å². The Labute approximate surface area is 262 Å². The smallest absolute Gasteiger partial charge is 0.313 e. The summed E-state index contributed by atoms with van der Waals surface area (Å²) >= 11 is 0. The van der Waals surface area contributed by atoms with E-state index in [-0.39, 0.29) is 36.4 Å². The van der Waals surface area contributed by atoms with E-state index in [1.807, 2.05) is 25.1 Å². The first-order valence-electron chi connectivity index (χ1n) is 15.3. The number of aromatic amines is 2. The molecule has 0 radical (unpaired) electrons. The molecule has 5 rings (SSSR count). The molecule has 5 heterocycles. The number of methoxy groups -OCH3 is 2. The number of nitrogens with zero attached hydrogens (tertiary/aromatic N) is 2. The molecule has 0 aliphatic carbocycles. The number of carbonyl (C=O) groups is 3. The lowest BCUT2D eigenvalue weighted by Crippen LogP contribution is -2.10. The molecular weight excluding hydrogens is 568 g/mol. The fourth-order valence-corrected chi connectivity index (χ4v) is 6.49. The van der Waals surface area contributed by atoms with Gasteiger partial charge in [0.05, 0.1) is 31.1 Å². The summed E-state index contributed by atoms with van der Waals surface area (Å²) in [5.41, 5.74) is 11.7. The minimum absolute atomic E-state index is 0.0246. The van der Waals surface area contributed by atoms with E-state index >= 15 is 0 Å². The standard InChI is InChI=1S/C36H40N4O5/c1-9-22-18(3)25-13-26-20(5)24(11-12-34(42)44-7)31(39-26)16-32-36(33(41)17-35(43)45-8)21(6)28(40-32)15-30-23(10-2)19(4)27(38-30)14-29(22)37-25/h9,13-16,20,24,37,40H,1,10-12,17H2,2-8H3/t20-,24-/m0/s1. The van der Waals surface area contributed by atoms with Crippen LogP contribution >= 0.6 is 0 Å². The van der Waals surface area contributed by atoms with E-state index in [2.05, 4.69) is 56.4 Å². The van der Waals surface area contributed by atoms with Crippen LogP contribution in [0.2, 0.25) is 0 Å². The van der Waals surface area contributed by atoms with Crippen LogP contribution in [-0.2, 0) is 19.1 Å². The summed E-state index contributed by atoms with van der Waals surface area (Å²) in [4.78, 5) is 55.1. The average Bonchev–Trinajstić information content (AvgIpc) is 3.68. The van der Waals surface area contributed by atoms with Crippen LogP contribution in [0.3, 0.4) is 0 Å². The molecule has 9 heteroatoms. The molecule has 0 aromatic carbocycles. The van der Waals surface area contributed by atoms with Crippen LogP contribution in [0.4, 0.5) is 0 Å². The van der Waals surface area contributed by atoms with E-state index in [4.69, 9.17) is 19.4 Å². The van der Waals surface area contributed by atoms with Crippen molar-refractivity contribution >= 4 is 57.0 Å². The summed E-state index contributed by atoms with van der Waals surface area (Å²) < 4.78 is 9.75. The van der Waals surface area contributed by atoms with Gasteiger partial charge in [-0.05, 0) is 80.2 Å². The molecule has 234 valence electrons. The first-order valence-corrected chi connectivity index (χ1v) is 15.3. The van der Waals surface area contributed by atoms with Crippen molar-refractivity contribution in [3.8, 4) is 0 Å². The van der Waals surface area contributed by atoms with Gasteiger partial charge in [-0.15, -0.1) is 0 Å². The number of hydrogen-bond acceptors (Lipinski definition) is 7. The lowest BCUT2D eigenvalue weighted by molar-refractivity contribution is -0.141. The van der Waals surface area contributed by atoms with Gasteiger partial charge in [0.2, 0.25) is 0 Å². The number of fused-ring (bicyclic) bond motifs is 8. The number of hydrogen-bond donors (Lipinski definition) is 2. The van der Waals surface area contributed by atoms with Crippen LogP contribution in [0.1, 0.15) is 108 Å². The quantitative estimate of drug-likeness (QED) is 0.154. The normalized spacial score (nSPS) is 16.1. The zero-order valence-electron chi connectivity index (χ0n) is 27.0. The molecule has 9 nitrogen and oxygen atoms in total. The molecule has 3 aromatic rings. The topological polar surface area (TPSA) is 127 Å². The Morgan fingerprint density at radius 1 is 0.867 bits per heavy atom. The Hall–Kier alpha value is -4.79. The highest BCUT2D eigenvalue weighted by Crippen LogP contribution is 2.41. The Balaban J connectivity index is 1.91. The molecule has 0 fully saturated rings. The van der Waals surface area contributed by atoms with Crippen molar-refractivity contribution in [2.24, 2.45) is 0 Å². The molecule has 0 spiro atoms. The maximum Gasteiger partial charge on any atom is 0.313 e. The molecule has 2 aliphatic heterocycles. The van der Waals surface area contributed by atoms with Crippen molar-refractivity contribution in [2.75, 3.05) is 14.2 Å². The Kier molecular flexibility index (Phi) is 8.91. The van der Waals surface area contributed by atoms with Crippen LogP contribution in [0.15, 0.2) is 30.8 Å². The van der Waals surface area contributed by atoms with Gasteiger partial charge in [0.1, 0.15) is 6.42 Å². The van der Waals surface area contributed by atoms with E-state index in [9.17, 15) is 14.4 Å². The minimum atomic E-state index is -0.607. The lowest BCUT2D eigenvalue weighted by atomic mass is 9.87. The number of aryl methyl sites for hydroxylation is 2. The van der Waals surface area contributed by atoms with E-state index in [1.54, 1.807) is 0 Å². The summed E-state index contributed by atoms with van der Waals surface area (Å²) in [7, 11) is 2.65. The fourth-order valence-electron chi connectivity index (χ4n) is 6.49. The number of aromatic nitrogens is 4. The van der Waals surface area contributed by atoms with Gasteiger partial charge in [-0.1, -0.05) is 26.5 Å². The van der Waals surface area contributed by atoms with Crippen molar-refractivity contribution in [3.05, 3.63) is 75.9 Å². The van der Waals surface area contributed by atoms with Gasteiger partial charge in [0, 0.05) is 57.3 Å². The summed E-state index contributed by atoms with van der Waals surface area (Å²) in [5.74, 6) is -1.39. The second-order valence-electron chi connectivity index (χ2n) is 11.7. The third-order valence-electron chi connectivity index (χ3n) is 9.18. The first-order chi connectivity index (χ1) is 21.5. The highest BCUT2D eigenvalue weighted by Gasteiger charge is 2.30. The minimum Gasteiger partial charge on any atom is -0.469 e. The number of allylic oxidation sites excluding steroid dienone is 2. The SMILES string of the molecule is C=Cc1c(C)c2cc3nc(cc4[nH]c(cc5nc(cc1[nH]2)C(C)=C5CC)c(C)c4C(=O)CC(=O)OC)[C@@H](CCC(=O)OC)[C@@H]3C. The van der Waals surface area contributed by atoms with Crippen LogP contribution in [0.25, 0.3) is 39.3 Å². The first kappa shape index (κ1) is 31.6. The number of ketones is 1. The molecular formula is C36H40N4O5. The fraction of sp³-hybridized carbons (Fsp3) is 0.361. The van der Waals surface area contributed by atoms with E-state index in [0.29, 0.717) is 23.1 Å². The Morgan fingerprint density at radius 2 is 1.51 bits per heavy atom. The average molecular weight is 609 g/mol. The predicted octanol–water partition coefficient (Wildman–Crippen LogP) is 7.50. The monoisotopic (exact) mass is 608 g/mol. The molecule has 2 atom stereocenters. The van der Waals surface area contributed by atoms with E-state index in [1.165, 1.54) is 14.2 Å². The number of ether oxygens (including phenoxy) is 2. The molecule has 2 aliphatic rings. The van der Waals surface area contributed by atoms with Gasteiger partial charge in [0.15, 0.2) is 5.78 Å². The molecule has 0 unspecified atom stereocenters. The van der Waals surface area contributed by atoms with Crippen LogP contribution in [0, 0.1) is 13.8 Å². The van der Waals surface area contributed by atoms with Gasteiger partial charge < -0.3 is 19.4 Å². The number of carbonyl (C=O) groups excluding carboxylic acids is 3. The van der Waals surface area contributed by atoms with Gasteiger partial charge in [-0.25, -0.2) is 4.98 Å². The molecule has 0 saturated carbocycles. The number of Topliss-reactive ketones (excluding diaryl/α,β-unsaturated/α-hetero) is 1. The largest absolute Gasteiger partial charge is 0.469 e. The highest BCUT2D eigenvalue weighted by atomic mass is 16.5. The highest BCUT2D eigenvalue weighted by molar-refractivity contribution is 6.12. The third-order valence-corrected chi connectivity index (χ3v) is 9.18. The molecule has 45 heavy (non-hydrogen) atoms. The number of rotatable bonds is 8. The summed E-state index contributed by atoms with van der Waals surface area (Å²) in [6.07, 6.45) is 2.99. The lowest BCUT2D eigenvalue weighted by Gasteiger charge is -2.15. The second kappa shape index (κ2) is 12.7. The molecule has 0 saturated heterocycles. The number of H-pyrrole nitrogens is 2. The van der Waals surface area contributed by atoms with Crippen molar-refractivity contribution < 1.29 is 23.9 Å². The summed E-state index contributed by atoms with van der Waals surface area (Å²) in [6.45, 7) is 14.3. The zero-order valence-corrected chi connectivity index (χ0v) is 27.0. The zero-order chi connectivity index (χ0) is 32.6. The second-order valence-corrected chi connectivity index (χ2v) is 11.7. The van der Waals surface area contributed by atoms with Crippen molar-refractivity contribution in [1.82, 2.24) is 19.9 Å². The number of nitrogens with one attached hydrogen (secondary N) is 2. The van der Waals surface area contributed by atoms with Gasteiger partial charge >= 0.3 is 11.9 Å². The molecule has 0 amide bonds. The molecule has 8 bridgehead atoms. The molecule has 3 aromatic heterocycles. The Morgan fingerprint density at radius 3 is 2.18 bits per heavy atom. The van der Waals surface area contributed by atoms with Crippen LogP contribution in [-0.4, -0.2) is 51.9 Å². The third kappa shape index (κ3) is 5.87. The van der Waals surface area contributed by atoms with Crippen molar-refractivity contribution in [1.29, 1.82) is 0 Å².